The first-order valence-corrected chi connectivity index (χ1v) is 6.98. The van der Waals surface area contributed by atoms with E-state index in [1.54, 1.807) is 31.3 Å². The summed E-state index contributed by atoms with van der Waals surface area (Å²) in [7, 11) is 2.97. The number of aromatic nitrogens is 2. The zero-order valence-electron chi connectivity index (χ0n) is 13.2. The molecule has 0 saturated heterocycles. The Balaban J connectivity index is 2.29. The maximum atomic E-state index is 12.3. The zero-order valence-corrected chi connectivity index (χ0v) is 13.2. The quantitative estimate of drug-likeness (QED) is 0.776. The summed E-state index contributed by atoms with van der Waals surface area (Å²) < 4.78 is 7.59. The number of methoxy groups -OCH3 is 1. The van der Waals surface area contributed by atoms with E-state index >= 15 is 0 Å². The number of benzene rings is 1. The molecule has 8 heteroatoms. The Morgan fingerprint density at radius 1 is 1.30 bits per heavy atom. The van der Waals surface area contributed by atoms with Crippen LogP contribution in [0.25, 0.3) is 11.0 Å². The minimum atomic E-state index is -1.56. The molecule has 0 aliphatic rings. The van der Waals surface area contributed by atoms with E-state index in [-0.39, 0.29) is 18.8 Å². The van der Waals surface area contributed by atoms with Gasteiger partial charge in [0.15, 0.2) is 5.54 Å². The minimum Gasteiger partial charge on any atom is -0.479 e. The molecule has 0 fully saturated rings. The Bertz CT molecular complexity index is 807. The number of nitrogens with zero attached hydrogens (tertiary/aromatic N) is 2. The van der Waals surface area contributed by atoms with Gasteiger partial charge in [-0.1, -0.05) is 12.1 Å². The average Bonchev–Trinajstić information content (AvgIpc) is 2.73. The lowest BCUT2D eigenvalue weighted by Gasteiger charge is -2.25. The monoisotopic (exact) mass is 321 g/mol. The van der Waals surface area contributed by atoms with E-state index in [0.717, 1.165) is 0 Å². The van der Waals surface area contributed by atoms with Crippen LogP contribution in [0.3, 0.4) is 0 Å². The van der Waals surface area contributed by atoms with Crippen molar-refractivity contribution in [3.63, 3.8) is 0 Å². The van der Waals surface area contributed by atoms with Gasteiger partial charge in [0, 0.05) is 14.2 Å². The van der Waals surface area contributed by atoms with Crippen LogP contribution in [-0.2, 0) is 27.9 Å². The third-order valence-corrected chi connectivity index (χ3v) is 3.67. The van der Waals surface area contributed by atoms with Crippen LogP contribution in [0.5, 0.6) is 0 Å². The van der Waals surface area contributed by atoms with Gasteiger partial charge in [-0.05, 0) is 19.1 Å². The fourth-order valence-corrected chi connectivity index (χ4v) is 2.45. The van der Waals surface area contributed by atoms with Crippen molar-refractivity contribution in [1.82, 2.24) is 14.5 Å². The molecule has 2 rings (SSSR count). The summed E-state index contributed by atoms with van der Waals surface area (Å²) in [6, 6.07) is 7.07. The van der Waals surface area contributed by atoms with Gasteiger partial charge >= 0.3 is 11.7 Å². The minimum absolute atomic E-state index is 0.182. The molecule has 0 bridgehead atoms. The first-order chi connectivity index (χ1) is 10.8. The Hall–Kier alpha value is -2.61. The molecule has 1 atom stereocenters. The van der Waals surface area contributed by atoms with Gasteiger partial charge in [-0.2, -0.15) is 0 Å². The van der Waals surface area contributed by atoms with Crippen molar-refractivity contribution in [1.29, 1.82) is 0 Å². The highest BCUT2D eigenvalue weighted by Gasteiger charge is 2.35. The van der Waals surface area contributed by atoms with E-state index in [4.69, 9.17) is 4.74 Å². The maximum absolute atomic E-state index is 12.3. The molecule has 1 heterocycles. The molecule has 1 aromatic carbocycles. The third kappa shape index (κ3) is 3.11. The highest BCUT2D eigenvalue weighted by molar-refractivity contribution is 5.87. The van der Waals surface area contributed by atoms with Crippen LogP contribution >= 0.6 is 0 Å². The lowest BCUT2D eigenvalue weighted by atomic mass is 10.0. The summed E-state index contributed by atoms with van der Waals surface area (Å²) >= 11 is 0. The number of para-hydroxylation sites is 2. The van der Waals surface area contributed by atoms with E-state index in [2.05, 4.69) is 5.32 Å². The number of hydrogen-bond acceptors (Lipinski definition) is 4. The van der Waals surface area contributed by atoms with Crippen LogP contribution in [0.2, 0.25) is 0 Å². The van der Waals surface area contributed by atoms with Gasteiger partial charge in [0.05, 0.1) is 17.6 Å². The lowest BCUT2D eigenvalue weighted by molar-refractivity contribution is -0.149. The van der Waals surface area contributed by atoms with Crippen LogP contribution in [0, 0.1) is 0 Å². The Morgan fingerprint density at radius 3 is 2.48 bits per heavy atom. The first-order valence-electron chi connectivity index (χ1n) is 6.98. The van der Waals surface area contributed by atoms with Crippen molar-refractivity contribution in [3.05, 3.63) is 34.7 Å². The van der Waals surface area contributed by atoms with Gasteiger partial charge in [-0.15, -0.1) is 0 Å². The highest BCUT2D eigenvalue weighted by atomic mass is 16.5. The van der Waals surface area contributed by atoms with Gasteiger partial charge in [0.25, 0.3) is 0 Å². The number of carbonyl (C=O) groups excluding carboxylic acids is 1. The number of carboxylic acid groups (broad SMARTS) is 1. The number of imidazole rings is 1. The van der Waals surface area contributed by atoms with Gasteiger partial charge in [-0.25, -0.2) is 9.59 Å². The summed E-state index contributed by atoms with van der Waals surface area (Å²) in [6.07, 6.45) is 0. The maximum Gasteiger partial charge on any atom is 0.331 e. The van der Waals surface area contributed by atoms with E-state index in [0.29, 0.717) is 11.0 Å². The average molecular weight is 321 g/mol. The number of fused-ring (bicyclic) bond motifs is 1. The summed E-state index contributed by atoms with van der Waals surface area (Å²) in [5.41, 5.74) is -0.591. The topological polar surface area (TPSA) is 103 Å². The van der Waals surface area contributed by atoms with Gasteiger partial charge < -0.3 is 15.2 Å². The molecule has 124 valence electrons. The second-order valence-corrected chi connectivity index (χ2v) is 5.53. The third-order valence-electron chi connectivity index (χ3n) is 3.67. The molecule has 2 aromatic rings. The van der Waals surface area contributed by atoms with Crippen molar-refractivity contribution in [3.8, 4) is 0 Å². The second-order valence-electron chi connectivity index (χ2n) is 5.53. The SMILES string of the molecule is COCC(C)(NC(=O)Cn1c(=O)n(C)c2ccccc21)C(=O)O. The summed E-state index contributed by atoms with van der Waals surface area (Å²) in [5, 5.41) is 11.7. The van der Waals surface area contributed by atoms with Crippen LogP contribution < -0.4 is 11.0 Å². The number of nitrogens with one attached hydrogen (secondary N) is 1. The Labute approximate surface area is 132 Å². The molecular weight excluding hydrogens is 302 g/mol. The molecule has 8 nitrogen and oxygen atoms in total. The predicted molar refractivity (Wildman–Crippen MR) is 83.2 cm³/mol. The number of hydrogen-bond donors (Lipinski definition) is 2. The first kappa shape index (κ1) is 16.8. The number of aryl methyl sites for hydroxylation is 1. The molecule has 2 N–H and O–H groups in total. The van der Waals surface area contributed by atoms with Crippen LogP contribution in [-0.4, -0.2) is 45.4 Å². The smallest absolute Gasteiger partial charge is 0.331 e. The van der Waals surface area contributed by atoms with Crippen molar-refractivity contribution in [2.45, 2.75) is 19.0 Å². The largest absolute Gasteiger partial charge is 0.479 e. The molecule has 1 unspecified atom stereocenters. The van der Waals surface area contributed by atoms with Crippen molar-refractivity contribution in [2.24, 2.45) is 7.05 Å². The van der Waals surface area contributed by atoms with Crippen molar-refractivity contribution >= 4 is 22.9 Å². The molecule has 1 aromatic heterocycles. The van der Waals surface area contributed by atoms with Gasteiger partial charge in [0.1, 0.15) is 6.54 Å². The van der Waals surface area contributed by atoms with E-state index in [1.807, 2.05) is 0 Å². The van der Waals surface area contributed by atoms with E-state index < -0.39 is 17.4 Å². The van der Waals surface area contributed by atoms with Crippen LogP contribution in [0.1, 0.15) is 6.92 Å². The van der Waals surface area contributed by atoms with E-state index in [1.165, 1.54) is 23.2 Å². The summed E-state index contributed by atoms with van der Waals surface area (Å²) in [6.45, 7) is 0.897. The highest BCUT2D eigenvalue weighted by Crippen LogP contribution is 2.12. The van der Waals surface area contributed by atoms with Crippen molar-refractivity contribution in [2.75, 3.05) is 13.7 Å². The van der Waals surface area contributed by atoms with Crippen LogP contribution in [0.4, 0.5) is 0 Å². The molecule has 23 heavy (non-hydrogen) atoms. The number of carbonyl (C=O) groups is 2. The lowest BCUT2D eigenvalue weighted by Crippen LogP contribution is -2.56. The number of carboxylic acids is 1. The number of rotatable bonds is 6. The van der Waals surface area contributed by atoms with Crippen molar-refractivity contribution < 1.29 is 19.4 Å². The number of aliphatic carboxylic acids is 1. The predicted octanol–water partition coefficient (Wildman–Crippen LogP) is -0.0541. The molecule has 0 radical (unpaired) electrons. The summed E-state index contributed by atoms with van der Waals surface area (Å²) in [5.74, 6) is -1.79. The fourth-order valence-electron chi connectivity index (χ4n) is 2.45. The van der Waals surface area contributed by atoms with Crippen LogP contribution in [0.15, 0.2) is 29.1 Å². The number of amides is 1. The second kappa shape index (κ2) is 6.25. The molecule has 1 amide bonds. The fraction of sp³-hybridized carbons (Fsp3) is 0.400. The molecule has 0 aliphatic carbocycles. The number of ether oxygens (including phenoxy) is 1. The standard InChI is InChI=1S/C15H19N3O5/c1-15(9-23-3,13(20)21)16-12(19)8-18-11-7-5-4-6-10(11)17(2)14(18)22/h4-7H,8-9H2,1-3H3,(H,16,19)(H,20,21). The Kier molecular flexibility index (Phi) is 4.55. The zero-order chi connectivity index (χ0) is 17.2. The summed E-state index contributed by atoms with van der Waals surface area (Å²) in [4.78, 5) is 35.8. The van der Waals surface area contributed by atoms with Gasteiger partial charge in [0.2, 0.25) is 5.91 Å². The normalized spacial score (nSPS) is 13.7. The molecule has 0 aliphatic heterocycles. The Morgan fingerprint density at radius 2 is 1.91 bits per heavy atom. The molecule has 0 spiro atoms. The molecule has 0 saturated carbocycles. The van der Waals surface area contributed by atoms with E-state index in [9.17, 15) is 19.5 Å². The molecular formula is C15H19N3O5. The van der Waals surface area contributed by atoms with Gasteiger partial charge in [-0.3, -0.25) is 13.9 Å².